The Morgan fingerprint density at radius 2 is 1.56 bits per heavy atom. The molecule has 0 aliphatic heterocycles. The van der Waals surface area contributed by atoms with Crippen LogP contribution in [0.4, 0.5) is 4.79 Å². The molecule has 16 heteroatoms. The molecule has 0 spiro atoms. The summed E-state index contributed by atoms with van der Waals surface area (Å²) in [7, 11) is -2.30. The number of amides is 3. The molecule has 0 saturated heterocycles. The van der Waals surface area contributed by atoms with Gasteiger partial charge in [-0.3, -0.25) is 23.9 Å². The second-order valence-corrected chi connectivity index (χ2v) is 14.2. The van der Waals surface area contributed by atoms with Crippen molar-refractivity contribution >= 4 is 43.4 Å². The monoisotopic (exact) mass is 671 g/mol. The number of rotatable bonds is 20. The van der Waals surface area contributed by atoms with E-state index in [1.807, 2.05) is 6.92 Å². The number of methoxy groups -OCH3 is 2. The Balaban J connectivity index is 2.24. The van der Waals surface area contributed by atoms with Crippen molar-refractivity contribution in [3.8, 4) is 0 Å². The van der Waals surface area contributed by atoms with Crippen molar-refractivity contribution in [2.24, 2.45) is 0 Å². The van der Waals surface area contributed by atoms with Crippen LogP contribution >= 0.6 is 10.5 Å². The zero-order chi connectivity index (χ0) is 33.6. The standard InChI is InChI=1S/C29H42N4O10S2/c1-6-7-15-45(39,40)43-19-29(3,38)25(34)22(16-21-11-9-8-10-12-21)31-26(35)23(17-41-4)32-27(36)24(18-42-5)33-28(37)44-14-13-30-20(44)2/h8-14,22-24,38H,6-7,15-19H2,1-5H3,(H2-,31,32,33,35,36,37)/p+1/t22-,23-,24-,29+,44?/m0/s1. The Morgan fingerprint density at radius 3 is 2.09 bits per heavy atom. The number of Topliss-reactive ketones (excluding diaryl/α,β-unsaturated/α-hetero) is 1. The fourth-order valence-electron chi connectivity index (χ4n) is 4.09. The van der Waals surface area contributed by atoms with Crippen LogP contribution in [0, 0.1) is 6.92 Å². The molecule has 45 heavy (non-hydrogen) atoms. The minimum absolute atomic E-state index is 0.0586. The lowest BCUT2D eigenvalue weighted by Gasteiger charge is -2.29. The summed E-state index contributed by atoms with van der Waals surface area (Å²) in [6.07, 6.45) is 2.40. The summed E-state index contributed by atoms with van der Waals surface area (Å²) in [5.41, 5.74) is -1.66. The number of carbonyl (C=O) groups is 4. The van der Waals surface area contributed by atoms with Crippen LogP contribution < -0.4 is 16.0 Å². The Labute approximate surface area is 266 Å². The van der Waals surface area contributed by atoms with Crippen LogP contribution in [0.3, 0.4) is 0 Å². The van der Waals surface area contributed by atoms with E-state index in [4.69, 9.17) is 13.7 Å². The average Bonchev–Trinajstić information content (AvgIpc) is 3.44. The SMILES string of the molecule is CCCCS(=O)(=O)OC[C@@](C)(O)C(=O)[C@H](Cc1ccccc1)NC(=O)[C@H](COC)NC(=O)[C@H](COC)NC(=O)[s+]1ccnc1C. The van der Waals surface area contributed by atoms with E-state index in [0.717, 1.165) is 6.92 Å². The number of nitrogens with one attached hydrogen (secondary N) is 3. The number of ketones is 1. The van der Waals surface area contributed by atoms with Crippen molar-refractivity contribution in [2.75, 3.05) is 39.8 Å². The molecule has 0 radical (unpaired) electrons. The Bertz CT molecular complexity index is 1380. The van der Waals surface area contributed by atoms with Gasteiger partial charge in [0.1, 0.15) is 24.3 Å². The highest BCUT2D eigenvalue weighted by molar-refractivity contribution is 7.86. The number of aromatic nitrogens is 1. The molecule has 2 rings (SSSR count). The molecule has 3 amide bonds. The van der Waals surface area contributed by atoms with E-state index >= 15 is 0 Å². The van der Waals surface area contributed by atoms with Crippen LogP contribution in [0.25, 0.3) is 0 Å². The highest BCUT2D eigenvalue weighted by Crippen LogP contribution is 2.21. The molecule has 0 aliphatic rings. The molecule has 0 saturated carbocycles. The third-order valence-corrected chi connectivity index (χ3v) is 9.51. The minimum Gasteiger partial charge on any atom is -0.382 e. The second-order valence-electron chi connectivity index (χ2n) is 10.5. The van der Waals surface area contributed by atoms with E-state index in [9.17, 15) is 32.7 Å². The average molecular weight is 672 g/mol. The van der Waals surface area contributed by atoms with Crippen molar-refractivity contribution < 1.29 is 46.4 Å². The van der Waals surface area contributed by atoms with Gasteiger partial charge in [-0.05, 0) is 25.3 Å². The van der Waals surface area contributed by atoms with Gasteiger partial charge in [0.15, 0.2) is 11.2 Å². The number of aliphatic hydroxyl groups is 1. The summed E-state index contributed by atoms with van der Waals surface area (Å²) < 4.78 is 39.6. The van der Waals surface area contributed by atoms with E-state index in [1.54, 1.807) is 42.6 Å². The summed E-state index contributed by atoms with van der Waals surface area (Å²) in [4.78, 5) is 57.1. The first-order valence-corrected chi connectivity index (χ1v) is 17.1. The van der Waals surface area contributed by atoms with E-state index in [2.05, 4.69) is 20.9 Å². The van der Waals surface area contributed by atoms with Crippen LogP contribution in [0.5, 0.6) is 0 Å². The first-order valence-electron chi connectivity index (χ1n) is 14.3. The zero-order valence-corrected chi connectivity index (χ0v) is 27.7. The minimum atomic E-state index is -4.00. The molecule has 1 aromatic heterocycles. The molecule has 1 heterocycles. The summed E-state index contributed by atoms with van der Waals surface area (Å²) in [6, 6.07) is 4.82. The fourth-order valence-corrected chi connectivity index (χ4v) is 6.47. The Morgan fingerprint density at radius 1 is 0.978 bits per heavy atom. The van der Waals surface area contributed by atoms with Crippen molar-refractivity contribution in [3.05, 3.63) is 52.5 Å². The van der Waals surface area contributed by atoms with Crippen molar-refractivity contribution in [1.29, 1.82) is 0 Å². The van der Waals surface area contributed by atoms with E-state index < -0.39 is 73.8 Å². The van der Waals surface area contributed by atoms with Crippen LogP contribution in [0.1, 0.15) is 37.3 Å². The zero-order valence-electron chi connectivity index (χ0n) is 26.1. The Hall–Kier alpha value is -3.28. The molecule has 5 atom stereocenters. The van der Waals surface area contributed by atoms with Crippen LogP contribution in [-0.4, -0.2) is 105 Å². The van der Waals surface area contributed by atoms with Crippen molar-refractivity contribution in [3.63, 3.8) is 0 Å². The topological polar surface area (TPSA) is 199 Å². The van der Waals surface area contributed by atoms with Gasteiger partial charge in [-0.1, -0.05) is 43.7 Å². The van der Waals surface area contributed by atoms with Crippen LogP contribution in [0.2, 0.25) is 0 Å². The quantitative estimate of drug-likeness (QED) is 0.116. The summed E-state index contributed by atoms with van der Waals surface area (Å²) in [6.45, 7) is 3.25. The first kappa shape index (κ1) is 37.9. The summed E-state index contributed by atoms with van der Waals surface area (Å²) in [5, 5.41) is 20.4. The molecular weight excluding hydrogens is 628 g/mol. The first-order chi connectivity index (χ1) is 21.2. The van der Waals surface area contributed by atoms with E-state index in [0.29, 0.717) is 23.4 Å². The smallest absolute Gasteiger partial charge is 0.382 e. The lowest BCUT2D eigenvalue weighted by atomic mass is 9.91. The summed E-state index contributed by atoms with van der Waals surface area (Å²) in [5.74, 6) is -2.74. The van der Waals surface area contributed by atoms with Gasteiger partial charge >= 0.3 is 5.24 Å². The van der Waals surface area contributed by atoms with Gasteiger partial charge in [-0.15, -0.1) is 0 Å². The molecule has 0 aliphatic carbocycles. The second kappa shape index (κ2) is 18.0. The van der Waals surface area contributed by atoms with Gasteiger partial charge in [0.25, 0.3) is 10.1 Å². The number of aryl methyl sites for hydroxylation is 1. The van der Waals surface area contributed by atoms with Gasteiger partial charge in [-0.2, -0.15) is 8.42 Å². The predicted molar refractivity (Wildman–Crippen MR) is 167 cm³/mol. The molecule has 2 aromatic rings. The third-order valence-electron chi connectivity index (χ3n) is 6.59. The number of nitrogens with zero attached hydrogens (tertiary/aromatic N) is 1. The third kappa shape index (κ3) is 12.2. The van der Waals surface area contributed by atoms with Gasteiger partial charge in [-0.25, -0.2) is 9.78 Å². The summed E-state index contributed by atoms with van der Waals surface area (Å²) >= 11 is 0. The lowest BCUT2D eigenvalue weighted by molar-refractivity contribution is -0.143. The molecule has 14 nitrogen and oxygen atoms in total. The van der Waals surface area contributed by atoms with Gasteiger partial charge in [0, 0.05) is 21.1 Å². The normalized spacial score (nSPS) is 15.3. The molecular formula is C29H43N4O10S2+. The molecule has 1 aromatic carbocycles. The maximum atomic E-state index is 13.6. The highest BCUT2D eigenvalue weighted by Gasteiger charge is 2.40. The number of hydrogen-bond acceptors (Lipinski definition) is 11. The molecule has 250 valence electrons. The molecule has 4 N–H and O–H groups in total. The number of carbonyl (C=O) groups excluding carboxylic acids is 4. The van der Waals surface area contributed by atoms with Gasteiger partial charge in [0.05, 0.1) is 41.7 Å². The maximum Gasteiger partial charge on any atom is 0.458 e. The van der Waals surface area contributed by atoms with E-state index in [-0.39, 0.29) is 25.4 Å². The van der Waals surface area contributed by atoms with Crippen molar-refractivity contribution in [2.45, 2.75) is 63.8 Å². The number of ether oxygens (including phenoxy) is 2. The highest BCUT2D eigenvalue weighted by atomic mass is 32.2. The van der Waals surface area contributed by atoms with Crippen LogP contribution in [-0.2, 0) is 44.6 Å². The molecule has 1 unspecified atom stereocenters. The number of benzene rings is 1. The number of hydrogen-bond donors (Lipinski definition) is 4. The fraction of sp³-hybridized carbons (Fsp3) is 0.552. The van der Waals surface area contributed by atoms with E-state index in [1.165, 1.54) is 20.4 Å². The molecule has 0 fully saturated rings. The van der Waals surface area contributed by atoms with Crippen LogP contribution in [0.15, 0.2) is 41.9 Å². The maximum absolute atomic E-state index is 13.6. The molecule has 0 bridgehead atoms. The lowest BCUT2D eigenvalue weighted by Crippen LogP contribution is -2.60. The Kier molecular flexibility index (Phi) is 15.2. The number of unbranched alkanes of at least 4 members (excludes halogenated alkanes) is 1. The van der Waals surface area contributed by atoms with Gasteiger partial charge in [0.2, 0.25) is 16.8 Å². The van der Waals surface area contributed by atoms with Gasteiger partial charge < -0.3 is 25.2 Å². The predicted octanol–water partition coefficient (Wildman–Crippen LogP) is 1.04. The largest absolute Gasteiger partial charge is 0.458 e. The number of thiazole rings is 1. The van der Waals surface area contributed by atoms with Crippen molar-refractivity contribution in [1.82, 2.24) is 20.9 Å².